The Morgan fingerprint density at radius 3 is 2.66 bits per heavy atom. The molecule has 0 saturated heterocycles. The van der Waals surface area contributed by atoms with E-state index in [2.05, 4.69) is 4.98 Å². The lowest BCUT2D eigenvalue weighted by Crippen LogP contribution is -2.08. The first kappa shape index (κ1) is 23.4. The molecule has 2 aromatic heterocycles. The van der Waals surface area contributed by atoms with Crippen LogP contribution in [0.4, 0.5) is 4.39 Å². The summed E-state index contributed by atoms with van der Waals surface area (Å²) in [5.74, 6) is 0.200. The summed E-state index contributed by atoms with van der Waals surface area (Å²) >= 11 is 12.3. The number of nitrogens with one attached hydrogen (secondary N) is 1. The molecule has 0 aliphatic heterocycles. The molecular formula is C27H22Cl2FN3O2. The molecule has 0 saturated carbocycles. The minimum atomic E-state index is -0.473. The molecule has 0 radical (unpaired) electrons. The van der Waals surface area contributed by atoms with Crippen LogP contribution in [0.25, 0.3) is 33.4 Å². The van der Waals surface area contributed by atoms with Crippen LogP contribution in [0.1, 0.15) is 5.56 Å². The number of halogens is 3. The molecule has 0 fully saturated rings. The maximum atomic E-state index is 14.4. The highest BCUT2D eigenvalue weighted by atomic mass is 35.5. The van der Waals surface area contributed by atoms with Gasteiger partial charge in [0.05, 0.1) is 35.9 Å². The van der Waals surface area contributed by atoms with Gasteiger partial charge in [-0.2, -0.15) is 0 Å². The molecule has 0 spiro atoms. The first-order chi connectivity index (χ1) is 17.0. The van der Waals surface area contributed by atoms with Crippen molar-refractivity contribution in [3.05, 3.63) is 94.6 Å². The number of methoxy groups -OCH3 is 1. The molecule has 5 nitrogen and oxygen atoms in total. The Bertz CT molecular complexity index is 1480. The molecule has 0 bridgehead atoms. The van der Waals surface area contributed by atoms with Crippen LogP contribution in [0.5, 0.6) is 5.75 Å². The Balaban J connectivity index is 1.64. The number of aromatic amines is 1. The quantitative estimate of drug-likeness (QED) is 0.224. The summed E-state index contributed by atoms with van der Waals surface area (Å²) in [6.07, 6.45) is 3.65. The number of imidazole rings is 1. The molecule has 178 valence electrons. The summed E-state index contributed by atoms with van der Waals surface area (Å²) in [4.78, 5) is 7.97. The van der Waals surface area contributed by atoms with Gasteiger partial charge < -0.3 is 19.0 Å². The Labute approximate surface area is 212 Å². The molecular weight excluding hydrogens is 488 g/mol. The van der Waals surface area contributed by atoms with Gasteiger partial charge in [-0.15, -0.1) is 0 Å². The van der Waals surface area contributed by atoms with Gasteiger partial charge in [-0.1, -0.05) is 59.6 Å². The first-order valence-electron chi connectivity index (χ1n) is 11.0. The van der Waals surface area contributed by atoms with Crippen molar-refractivity contribution in [1.82, 2.24) is 14.5 Å². The second-order valence-corrected chi connectivity index (χ2v) is 8.89. The number of fused-ring (bicyclic) bond motifs is 1. The lowest BCUT2D eigenvalue weighted by molar-refractivity contribution is 0.145. The minimum Gasteiger partial charge on any atom is -0.491 e. The van der Waals surface area contributed by atoms with Crippen molar-refractivity contribution in [3.8, 4) is 28.3 Å². The Hall–Kier alpha value is -3.32. The predicted molar refractivity (Wildman–Crippen MR) is 138 cm³/mol. The lowest BCUT2D eigenvalue weighted by atomic mass is 10.0. The molecule has 0 atom stereocenters. The highest BCUT2D eigenvalue weighted by Gasteiger charge is 2.20. The molecule has 5 aromatic rings. The van der Waals surface area contributed by atoms with Crippen LogP contribution in [-0.4, -0.2) is 34.9 Å². The van der Waals surface area contributed by atoms with Crippen LogP contribution in [0.3, 0.4) is 0 Å². The summed E-state index contributed by atoms with van der Waals surface area (Å²) in [6, 6.07) is 18.5. The monoisotopic (exact) mass is 509 g/mol. The third-order valence-corrected chi connectivity index (χ3v) is 6.30. The molecule has 0 aliphatic carbocycles. The van der Waals surface area contributed by atoms with Gasteiger partial charge in [0, 0.05) is 45.9 Å². The fourth-order valence-corrected chi connectivity index (χ4v) is 4.44. The molecule has 2 heterocycles. The number of nitrogens with zero attached hydrogens (tertiary/aromatic N) is 2. The summed E-state index contributed by atoms with van der Waals surface area (Å²) in [5, 5.41) is 1.38. The maximum absolute atomic E-state index is 14.4. The van der Waals surface area contributed by atoms with Gasteiger partial charge in [0.2, 0.25) is 0 Å². The van der Waals surface area contributed by atoms with E-state index in [1.165, 1.54) is 6.07 Å². The fourth-order valence-electron chi connectivity index (χ4n) is 4.12. The van der Waals surface area contributed by atoms with Gasteiger partial charge in [-0.3, -0.25) is 0 Å². The second kappa shape index (κ2) is 10.1. The van der Waals surface area contributed by atoms with Crippen molar-refractivity contribution in [2.24, 2.45) is 0 Å². The highest BCUT2D eigenvalue weighted by Crippen LogP contribution is 2.38. The predicted octanol–water partition coefficient (Wildman–Crippen LogP) is 7.22. The summed E-state index contributed by atoms with van der Waals surface area (Å²) < 4.78 is 27.5. The smallest absolute Gasteiger partial charge is 0.142 e. The number of benzene rings is 3. The molecule has 1 N–H and O–H groups in total. The van der Waals surface area contributed by atoms with Crippen LogP contribution >= 0.6 is 23.2 Å². The summed E-state index contributed by atoms with van der Waals surface area (Å²) in [5.41, 5.74) is 5.09. The van der Waals surface area contributed by atoms with E-state index in [-0.39, 0.29) is 5.02 Å². The van der Waals surface area contributed by atoms with E-state index in [9.17, 15) is 4.39 Å². The summed E-state index contributed by atoms with van der Waals surface area (Å²) in [7, 11) is 1.63. The number of rotatable bonds is 8. The third-order valence-electron chi connectivity index (χ3n) is 5.78. The molecule has 0 aliphatic rings. The normalized spacial score (nSPS) is 11.3. The standard InChI is InChI=1S/C27H22Cl2FN3O2/c1-34-9-10-35-25-11-19(28)8-7-18(25)15-33-16-32-26(17-5-3-2-4-6-17)27(33)21-14-31-24-13-22(29)23(30)12-20(21)24/h2-8,11-14,16,31H,9-10,15H2,1H3. The second-order valence-electron chi connectivity index (χ2n) is 8.04. The van der Waals surface area contributed by atoms with E-state index in [0.29, 0.717) is 30.5 Å². The van der Waals surface area contributed by atoms with Crippen LogP contribution in [0.2, 0.25) is 10.0 Å². The number of hydrogen-bond donors (Lipinski definition) is 1. The molecule has 5 rings (SSSR count). The van der Waals surface area contributed by atoms with Crippen LogP contribution in [0.15, 0.2) is 73.2 Å². The van der Waals surface area contributed by atoms with Crippen LogP contribution in [-0.2, 0) is 11.3 Å². The van der Waals surface area contributed by atoms with Crippen molar-refractivity contribution >= 4 is 34.1 Å². The largest absolute Gasteiger partial charge is 0.491 e. The van der Waals surface area contributed by atoms with Gasteiger partial charge in [0.1, 0.15) is 18.2 Å². The van der Waals surface area contributed by atoms with Crippen molar-refractivity contribution < 1.29 is 13.9 Å². The van der Waals surface area contributed by atoms with Gasteiger partial charge in [0.25, 0.3) is 0 Å². The minimum absolute atomic E-state index is 0.0710. The molecule has 3 aromatic carbocycles. The van der Waals surface area contributed by atoms with E-state index < -0.39 is 5.82 Å². The maximum Gasteiger partial charge on any atom is 0.142 e. The van der Waals surface area contributed by atoms with Crippen molar-refractivity contribution in [3.63, 3.8) is 0 Å². The SMILES string of the molecule is COCCOc1cc(Cl)ccc1Cn1cnc(-c2ccccc2)c1-c1c[nH]c2cc(Cl)c(F)cc12. The zero-order valence-corrected chi connectivity index (χ0v) is 20.4. The Morgan fingerprint density at radius 1 is 1.03 bits per heavy atom. The molecule has 8 heteroatoms. The molecule has 35 heavy (non-hydrogen) atoms. The summed E-state index contributed by atoms with van der Waals surface area (Å²) in [6.45, 7) is 1.33. The number of H-pyrrole nitrogens is 1. The van der Waals surface area contributed by atoms with E-state index in [0.717, 1.165) is 39.0 Å². The molecule has 0 amide bonds. The van der Waals surface area contributed by atoms with Gasteiger partial charge in [-0.25, -0.2) is 9.37 Å². The molecule has 0 unspecified atom stereocenters. The average molecular weight is 510 g/mol. The van der Waals surface area contributed by atoms with Crippen LogP contribution in [0, 0.1) is 5.82 Å². The number of aromatic nitrogens is 3. The number of hydrogen-bond acceptors (Lipinski definition) is 3. The lowest BCUT2D eigenvalue weighted by Gasteiger charge is -2.15. The van der Waals surface area contributed by atoms with Crippen molar-refractivity contribution in [1.29, 1.82) is 0 Å². The fraction of sp³-hybridized carbons (Fsp3) is 0.148. The van der Waals surface area contributed by atoms with E-state index in [1.807, 2.05) is 53.2 Å². The van der Waals surface area contributed by atoms with E-state index >= 15 is 0 Å². The van der Waals surface area contributed by atoms with Gasteiger partial charge >= 0.3 is 0 Å². The zero-order chi connectivity index (χ0) is 24.4. The average Bonchev–Trinajstić information content (AvgIpc) is 3.45. The van der Waals surface area contributed by atoms with Gasteiger partial charge in [0.15, 0.2) is 0 Å². The highest BCUT2D eigenvalue weighted by molar-refractivity contribution is 6.31. The van der Waals surface area contributed by atoms with Crippen LogP contribution < -0.4 is 4.74 Å². The number of ether oxygens (including phenoxy) is 2. The Kier molecular flexibility index (Phi) is 6.77. The Morgan fingerprint density at radius 2 is 1.86 bits per heavy atom. The van der Waals surface area contributed by atoms with E-state index in [1.54, 1.807) is 25.6 Å². The first-order valence-corrected chi connectivity index (χ1v) is 11.8. The topological polar surface area (TPSA) is 52.1 Å². The van der Waals surface area contributed by atoms with E-state index in [4.69, 9.17) is 37.7 Å². The van der Waals surface area contributed by atoms with Crippen molar-refractivity contribution in [2.75, 3.05) is 20.3 Å². The van der Waals surface area contributed by atoms with Crippen molar-refractivity contribution in [2.45, 2.75) is 6.54 Å². The zero-order valence-electron chi connectivity index (χ0n) is 18.9. The van der Waals surface area contributed by atoms with Gasteiger partial charge in [-0.05, 0) is 24.3 Å². The third kappa shape index (κ3) is 4.78.